The third-order valence-corrected chi connectivity index (χ3v) is 3.32. The van der Waals surface area contributed by atoms with Crippen molar-refractivity contribution in [3.63, 3.8) is 0 Å². The molecule has 0 amide bonds. The Bertz CT molecular complexity index is 660. The van der Waals surface area contributed by atoms with Crippen molar-refractivity contribution in [2.24, 2.45) is 10.8 Å². The van der Waals surface area contributed by atoms with E-state index >= 15 is 0 Å². The third-order valence-electron chi connectivity index (χ3n) is 2.70. The Hall–Kier alpha value is -2.12. The van der Waals surface area contributed by atoms with Gasteiger partial charge in [-0.1, -0.05) is 15.9 Å². The summed E-state index contributed by atoms with van der Waals surface area (Å²) in [6, 6.07) is 15.2. The summed E-state index contributed by atoms with van der Waals surface area (Å²) in [5, 5.41) is 4.01. The largest absolute Gasteiger partial charge is 0.490 e. The maximum atomic E-state index is 5.61. The van der Waals surface area contributed by atoms with Crippen LogP contribution in [0.2, 0.25) is 0 Å². The quantitative estimate of drug-likeness (QED) is 0.327. The van der Waals surface area contributed by atoms with Crippen molar-refractivity contribution < 1.29 is 9.47 Å². The average molecular weight is 394 g/mol. The number of benzene rings is 2. The molecule has 0 radical (unpaired) electrons. The molecule has 120 valence electrons. The molecule has 2 aromatic carbocycles. The Morgan fingerprint density at radius 3 is 2.09 bits per heavy atom. The van der Waals surface area contributed by atoms with Gasteiger partial charge in [0.05, 0.1) is 6.21 Å². The van der Waals surface area contributed by atoms with Crippen LogP contribution in [-0.2, 0) is 0 Å². The SMILES string of the molecule is NC(=S)NN=Cc1ccc(OCCOc2ccc(Br)cc2)cc1. The molecule has 23 heavy (non-hydrogen) atoms. The molecule has 0 heterocycles. The molecule has 0 aliphatic heterocycles. The summed E-state index contributed by atoms with van der Waals surface area (Å²) in [4.78, 5) is 0. The average Bonchev–Trinajstić information content (AvgIpc) is 2.54. The van der Waals surface area contributed by atoms with E-state index < -0.39 is 0 Å². The highest BCUT2D eigenvalue weighted by atomic mass is 79.9. The maximum Gasteiger partial charge on any atom is 0.184 e. The molecule has 2 rings (SSSR count). The van der Waals surface area contributed by atoms with Crippen LogP contribution in [0.3, 0.4) is 0 Å². The van der Waals surface area contributed by atoms with E-state index in [9.17, 15) is 0 Å². The minimum absolute atomic E-state index is 0.131. The van der Waals surface area contributed by atoms with Crippen LogP contribution in [0.25, 0.3) is 0 Å². The Morgan fingerprint density at radius 2 is 1.57 bits per heavy atom. The van der Waals surface area contributed by atoms with E-state index in [4.69, 9.17) is 15.2 Å². The monoisotopic (exact) mass is 393 g/mol. The molecule has 0 aliphatic carbocycles. The molecule has 0 fully saturated rings. The number of rotatable bonds is 7. The topological polar surface area (TPSA) is 68.9 Å². The van der Waals surface area contributed by atoms with Gasteiger partial charge in [0.1, 0.15) is 24.7 Å². The molecule has 0 saturated heterocycles. The predicted molar refractivity (Wildman–Crippen MR) is 99.1 cm³/mol. The molecule has 0 aliphatic rings. The van der Waals surface area contributed by atoms with E-state index in [-0.39, 0.29) is 5.11 Å². The first-order valence-corrected chi connectivity index (χ1v) is 8.03. The molecule has 0 atom stereocenters. The lowest BCUT2D eigenvalue weighted by Gasteiger charge is -2.08. The summed E-state index contributed by atoms with van der Waals surface area (Å²) in [5.74, 6) is 1.58. The zero-order valence-electron chi connectivity index (χ0n) is 12.2. The highest BCUT2D eigenvalue weighted by Crippen LogP contribution is 2.16. The lowest BCUT2D eigenvalue weighted by Crippen LogP contribution is -2.23. The fraction of sp³-hybridized carbons (Fsp3) is 0.125. The Labute approximate surface area is 148 Å². The van der Waals surface area contributed by atoms with Crippen LogP contribution in [-0.4, -0.2) is 24.5 Å². The highest BCUT2D eigenvalue weighted by Gasteiger charge is 1.96. The molecule has 2 aromatic rings. The van der Waals surface area contributed by atoms with Crippen molar-refractivity contribution in [2.75, 3.05) is 13.2 Å². The van der Waals surface area contributed by atoms with E-state index in [1.807, 2.05) is 48.5 Å². The zero-order valence-corrected chi connectivity index (χ0v) is 14.6. The predicted octanol–water partition coefficient (Wildman–Crippen LogP) is 3.07. The maximum absolute atomic E-state index is 5.61. The standard InChI is InChI=1S/C16H16BrN3O2S/c17-13-3-7-15(8-4-13)22-10-9-21-14-5-1-12(2-6-14)11-19-20-16(18)23/h1-8,11H,9-10H2,(H3,18,20,23). The molecule has 0 spiro atoms. The van der Waals surface area contributed by atoms with Crippen molar-refractivity contribution in [1.82, 2.24) is 5.43 Å². The van der Waals surface area contributed by atoms with Crippen LogP contribution < -0.4 is 20.6 Å². The zero-order chi connectivity index (χ0) is 16.5. The highest BCUT2D eigenvalue weighted by molar-refractivity contribution is 9.10. The summed E-state index contributed by atoms with van der Waals surface area (Å²) in [5.41, 5.74) is 8.68. The van der Waals surface area contributed by atoms with Gasteiger partial charge in [0.25, 0.3) is 0 Å². The van der Waals surface area contributed by atoms with Gasteiger partial charge in [-0.15, -0.1) is 0 Å². The van der Waals surface area contributed by atoms with E-state index in [0.29, 0.717) is 13.2 Å². The van der Waals surface area contributed by atoms with E-state index in [1.54, 1.807) is 6.21 Å². The summed E-state index contributed by atoms with van der Waals surface area (Å²) in [6.45, 7) is 0.940. The number of nitrogens with one attached hydrogen (secondary N) is 1. The van der Waals surface area contributed by atoms with Gasteiger partial charge in [-0.05, 0) is 66.3 Å². The lowest BCUT2D eigenvalue weighted by molar-refractivity contribution is 0.217. The fourth-order valence-corrected chi connectivity index (χ4v) is 1.99. The second-order valence-corrected chi connectivity index (χ2v) is 5.81. The molecule has 5 nitrogen and oxygen atoms in total. The molecule has 0 aromatic heterocycles. The van der Waals surface area contributed by atoms with Crippen molar-refractivity contribution >= 4 is 39.5 Å². The lowest BCUT2D eigenvalue weighted by atomic mass is 10.2. The van der Waals surface area contributed by atoms with E-state index in [1.165, 1.54) is 0 Å². The molecule has 3 N–H and O–H groups in total. The molecule has 7 heteroatoms. The number of nitrogens with two attached hydrogens (primary N) is 1. The molecule has 0 saturated carbocycles. The number of hydrogen-bond acceptors (Lipinski definition) is 4. The number of nitrogens with zero attached hydrogens (tertiary/aromatic N) is 1. The summed E-state index contributed by atoms with van der Waals surface area (Å²) < 4.78 is 12.2. The van der Waals surface area contributed by atoms with E-state index in [0.717, 1.165) is 21.5 Å². The Kier molecular flexibility index (Phi) is 6.83. The van der Waals surface area contributed by atoms with Gasteiger partial charge in [-0.25, -0.2) is 0 Å². The van der Waals surface area contributed by atoms with Gasteiger partial charge in [0, 0.05) is 4.47 Å². The third kappa shape index (κ3) is 6.66. The molecule has 0 bridgehead atoms. The normalized spacial score (nSPS) is 10.5. The van der Waals surface area contributed by atoms with Gasteiger partial charge in [0.2, 0.25) is 0 Å². The second-order valence-electron chi connectivity index (χ2n) is 4.45. The summed E-state index contributed by atoms with van der Waals surface area (Å²) in [6.07, 6.45) is 1.62. The first-order valence-electron chi connectivity index (χ1n) is 6.83. The number of thiocarbonyl (C=S) groups is 1. The van der Waals surface area contributed by atoms with Crippen LogP contribution in [0.5, 0.6) is 11.5 Å². The van der Waals surface area contributed by atoms with Gasteiger partial charge < -0.3 is 15.2 Å². The van der Waals surface area contributed by atoms with Crippen molar-refractivity contribution in [3.8, 4) is 11.5 Å². The number of hydrogen-bond donors (Lipinski definition) is 2. The van der Waals surface area contributed by atoms with Crippen LogP contribution in [0, 0.1) is 0 Å². The number of halogens is 1. The van der Waals surface area contributed by atoms with Crippen LogP contribution in [0.1, 0.15) is 5.56 Å². The first kappa shape index (κ1) is 17.2. The minimum Gasteiger partial charge on any atom is -0.490 e. The second kappa shape index (κ2) is 9.12. The van der Waals surface area contributed by atoms with Crippen LogP contribution in [0.15, 0.2) is 58.1 Å². The Morgan fingerprint density at radius 1 is 1.04 bits per heavy atom. The van der Waals surface area contributed by atoms with Crippen molar-refractivity contribution in [2.45, 2.75) is 0 Å². The van der Waals surface area contributed by atoms with Gasteiger partial charge in [0.15, 0.2) is 5.11 Å². The van der Waals surface area contributed by atoms with Crippen LogP contribution >= 0.6 is 28.1 Å². The summed E-state index contributed by atoms with van der Waals surface area (Å²) >= 11 is 8.03. The van der Waals surface area contributed by atoms with Gasteiger partial charge in [-0.3, -0.25) is 5.43 Å². The van der Waals surface area contributed by atoms with Gasteiger partial charge >= 0.3 is 0 Å². The van der Waals surface area contributed by atoms with Crippen LogP contribution in [0.4, 0.5) is 0 Å². The van der Waals surface area contributed by atoms with Crippen molar-refractivity contribution in [3.05, 3.63) is 58.6 Å². The molecule has 0 unspecified atom stereocenters. The smallest absolute Gasteiger partial charge is 0.184 e. The summed E-state index contributed by atoms with van der Waals surface area (Å²) in [7, 11) is 0. The minimum atomic E-state index is 0.131. The molecular weight excluding hydrogens is 378 g/mol. The molecular formula is C16H16BrN3O2S. The van der Waals surface area contributed by atoms with E-state index in [2.05, 4.69) is 38.7 Å². The Balaban J connectivity index is 1.72. The first-order chi connectivity index (χ1) is 11.1. The number of ether oxygens (including phenoxy) is 2. The number of hydrazone groups is 1. The van der Waals surface area contributed by atoms with Crippen molar-refractivity contribution in [1.29, 1.82) is 0 Å². The van der Waals surface area contributed by atoms with Gasteiger partial charge in [-0.2, -0.15) is 5.10 Å². The fourth-order valence-electron chi connectivity index (χ4n) is 1.67.